The smallest absolute Gasteiger partial charge is 0.247 e. The lowest BCUT2D eigenvalue weighted by Gasteiger charge is -2.38. The number of allylic oxidation sites excluding steroid dienone is 1. The molecule has 1 aromatic heterocycles. The lowest BCUT2D eigenvalue weighted by atomic mass is 9.87. The quantitative estimate of drug-likeness (QED) is 0.698. The van der Waals surface area contributed by atoms with Gasteiger partial charge in [-0.05, 0) is 36.9 Å². The third kappa shape index (κ3) is 3.85. The average molecular weight is 423 g/mol. The first-order valence-electron chi connectivity index (χ1n) is 11.1. The summed E-state index contributed by atoms with van der Waals surface area (Å²) in [5, 5.41) is 12.8. The number of hydrogen-bond donors (Lipinski definition) is 3. The summed E-state index contributed by atoms with van der Waals surface area (Å²) in [6.07, 6.45) is 3.57. The minimum atomic E-state index is -0.223. The predicted molar refractivity (Wildman–Crippen MR) is 117 cm³/mol. The summed E-state index contributed by atoms with van der Waals surface area (Å²) in [7, 11) is 0. The molecular formula is C23H30N6O2. The van der Waals surface area contributed by atoms with E-state index >= 15 is 0 Å². The number of nitrogens with one attached hydrogen (secondary N) is 3. The van der Waals surface area contributed by atoms with Gasteiger partial charge in [-0.3, -0.25) is 9.80 Å². The second-order valence-electron chi connectivity index (χ2n) is 9.67. The summed E-state index contributed by atoms with van der Waals surface area (Å²) in [5.41, 5.74) is 6.80. The highest BCUT2D eigenvalue weighted by molar-refractivity contribution is 5.89. The molecule has 5 rings (SSSR count). The third-order valence-electron chi connectivity index (χ3n) is 6.51. The maximum atomic E-state index is 12.5. The van der Waals surface area contributed by atoms with Gasteiger partial charge in [0, 0.05) is 29.8 Å². The van der Waals surface area contributed by atoms with Gasteiger partial charge in [-0.25, -0.2) is 5.43 Å². The molecule has 8 heteroatoms. The second-order valence-corrected chi connectivity index (χ2v) is 9.67. The topological polar surface area (TPSA) is 95.3 Å². The van der Waals surface area contributed by atoms with E-state index in [1.807, 2.05) is 12.1 Å². The van der Waals surface area contributed by atoms with Crippen LogP contribution in [-0.4, -0.2) is 46.9 Å². The Balaban J connectivity index is 1.36. The molecule has 2 saturated heterocycles. The Morgan fingerprint density at radius 1 is 1.13 bits per heavy atom. The molecule has 2 unspecified atom stereocenters. The van der Waals surface area contributed by atoms with Gasteiger partial charge in [0.1, 0.15) is 6.17 Å². The van der Waals surface area contributed by atoms with E-state index in [-0.39, 0.29) is 23.4 Å². The van der Waals surface area contributed by atoms with Gasteiger partial charge in [0.15, 0.2) is 0 Å². The first-order chi connectivity index (χ1) is 14.9. The molecule has 0 aliphatic carbocycles. The van der Waals surface area contributed by atoms with Gasteiger partial charge in [0.05, 0.1) is 5.92 Å². The number of piperidine rings is 1. The maximum Gasteiger partial charge on any atom is 0.247 e. The van der Waals surface area contributed by atoms with Crippen LogP contribution < -0.4 is 16.1 Å². The molecule has 0 spiro atoms. The molecule has 8 nitrogen and oxygen atoms in total. The van der Waals surface area contributed by atoms with E-state index in [0.29, 0.717) is 24.2 Å². The molecule has 3 N–H and O–H groups in total. The zero-order chi connectivity index (χ0) is 21.6. The zero-order valence-electron chi connectivity index (χ0n) is 18.3. The number of amides is 1. The number of hydrazine groups is 1. The molecule has 2 aromatic rings. The molecule has 3 aliphatic rings. The zero-order valence-corrected chi connectivity index (χ0v) is 18.3. The van der Waals surface area contributed by atoms with Crippen LogP contribution in [0.15, 0.2) is 40.6 Å². The summed E-state index contributed by atoms with van der Waals surface area (Å²) in [5.74, 6) is 1.33. The SMILES string of the molecule is CC(C)(C)c1ccc(-c2noc(C3CNN4C(C5CCNCC5)=CC(=O)NC34)n2)cc1. The van der Waals surface area contributed by atoms with E-state index in [1.165, 1.54) is 5.56 Å². The van der Waals surface area contributed by atoms with E-state index in [2.05, 4.69) is 64.1 Å². The van der Waals surface area contributed by atoms with Crippen LogP contribution in [0.2, 0.25) is 0 Å². The Labute approximate surface area is 182 Å². The van der Waals surface area contributed by atoms with Gasteiger partial charge in [-0.1, -0.05) is 50.2 Å². The van der Waals surface area contributed by atoms with Crippen molar-refractivity contribution in [1.82, 2.24) is 31.2 Å². The molecule has 4 heterocycles. The summed E-state index contributed by atoms with van der Waals surface area (Å²) in [4.78, 5) is 17.1. The molecule has 164 valence electrons. The maximum absolute atomic E-state index is 12.5. The monoisotopic (exact) mass is 422 g/mol. The van der Waals surface area contributed by atoms with E-state index in [9.17, 15) is 4.79 Å². The molecule has 0 radical (unpaired) electrons. The van der Waals surface area contributed by atoms with Crippen LogP contribution in [0.25, 0.3) is 11.4 Å². The fourth-order valence-corrected chi connectivity index (χ4v) is 4.67. The lowest BCUT2D eigenvalue weighted by Crippen LogP contribution is -2.53. The van der Waals surface area contributed by atoms with Crippen molar-refractivity contribution in [1.29, 1.82) is 0 Å². The molecule has 0 saturated carbocycles. The Kier molecular flexibility index (Phi) is 5.06. The highest BCUT2D eigenvalue weighted by atomic mass is 16.5. The summed E-state index contributed by atoms with van der Waals surface area (Å²) >= 11 is 0. The van der Waals surface area contributed by atoms with Crippen molar-refractivity contribution >= 4 is 5.91 Å². The number of benzene rings is 1. The van der Waals surface area contributed by atoms with Crippen molar-refractivity contribution in [2.24, 2.45) is 5.92 Å². The van der Waals surface area contributed by atoms with E-state index in [4.69, 9.17) is 4.52 Å². The van der Waals surface area contributed by atoms with Crippen LogP contribution in [0.5, 0.6) is 0 Å². The summed E-state index contributed by atoms with van der Waals surface area (Å²) < 4.78 is 5.66. The van der Waals surface area contributed by atoms with Gasteiger partial charge in [-0.15, -0.1) is 0 Å². The molecule has 0 bridgehead atoms. The van der Waals surface area contributed by atoms with Gasteiger partial charge < -0.3 is 15.2 Å². The van der Waals surface area contributed by atoms with E-state index in [0.717, 1.165) is 37.2 Å². The van der Waals surface area contributed by atoms with Gasteiger partial charge in [-0.2, -0.15) is 4.98 Å². The van der Waals surface area contributed by atoms with E-state index < -0.39 is 0 Å². The van der Waals surface area contributed by atoms with Crippen molar-refractivity contribution in [3.05, 3.63) is 47.5 Å². The molecule has 1 amide bonds. The van der Waals surface area contributed by atoms with Crippen molar-refractivity contribution in [3.8, 4) is 11.4 Å². The highest BCUT2D eigenvalue weighted by Crippen LogP contribution is 2.35. The fourth-order valence-electron chi connectivity index (χ4n) is 4.67. The predicted octanol–water partition coefficient (Wildman–Crippen LogP) is 2.28. The van der Waals surface area contributed by atoms with Crippen molar-refractivity contribution in [2.75, 3.05) is 19.6 Å². The first kappa shape index (κ1) is 20.2. The van der Waals surface area contributed by atoms with E-state index in [1.54, 1.807) is 6.08 Å². The Bertz CT molecular complexity index is 984. The highest BCUT2D eigenvalue weighted by Gasteiger charge is 2.44. The molecular weight excluding hydrogens is 392 g/mol. The van der Waals surface area contributed by atoms with Crippen molar-refractivity contribution < 1.29 is 9.32 Å². The van der Waals surface area contributed by atoms with Gasteiger partial charge in [0.25, 0.3) is 0 Å². The Morgan fingerprint density at radius 3 is 2.58 bits per heavy atom. The minimum absolute atomic E-state index is 0.0546. The van der Waals surface area contributed by atoms with Crippen LogP contribution in [0.4, 0.5) is 0 Å². The summed E-state index contributed by atoms with van der Waals surface area (Å²) in [6.45, 7) is 9.17. The summed E-state index contributed by atoms with van der Waals surface area (Å²) in [6, 6.07) is 8.30. The molecule has 2 atom stereocenters. The normalized spacial score (nSPS) is 24.7. The largest absolute Gasteiger partial charge is 0.338 e. The standard InChI is InChI=1S/C23H30N6O2/c1-23(2,3)16-6-4-15(5-7-16)20-27-22(31-28-20)17-13-25-29-18(12-19(30)26-21(17)29)14-8-10-24-11-9-14/h4-7,12,14,17,21,24-25H,8-11,13H2,1-3H3,(H,26,30). The van der Waals surface area contributed by atoms with Gasteiger partial charge in [0.2, 0.25) is 17.6 Å². The number of aromatic nitrogens is 2. The minimum Gasteiger partial charge on any atom is -0.338 e. The van der Waals surface area contributed by atoms with Crippen LogP contribution >= 0.6 is 0 Å². The number of fused-ring (bicyclic) bond motifs is 1. The van der Waals surface area contributed by atoms with Crippen LogP contribution in [0, 0.1) is 5.92 Å². The number of hydrogen-bond acceptors (Lipinski definition) is 7. The number of carbonyl (C=O) groups is 1. The molecule has 2 fully saturated rings. The average Bonchev–Trinajstić information content (AvgIpc) is 3.40. The first-order valence-corrected chi connectivity index (χ1v) is 11.1. The number of nitrogens with zero attached hydrogens (tertiary/aromatic N) is 3. The fraction of sp³-hybridized carbons (Fsp3) is 0.522. The Hall–Kier alpha value is -2.71. The molecule has 3 aliphatic heterocycles. The van der Waals surface area contributed by atoms with Gasteiger partial charge >= 0.3 is 0 Å². The van der Waals surface area contributed by atoms with Crippen LogP contribution in [-0.2, 0) is 10.2 Å². The lowest BCUT2D eigenvalue weighted by molar-refractivity contribution is -0.119. The number of rotatable bonds is 3. The second kappa shape index (κ2) is 7.76. The molecule has 1 aromatic carbocycles. The van der Waals surface area contributed by atoms with Crippen molar-refractivity contribution in [3.63, 3.8) is 0 Å². The Morgan fingerprint density at radius 2 is 1.87 bits per heavy atom. The van der Waals surface area contributed by atoms with Crippen LogP contribution in [0.1, 0.15) is 51.0 Å². The third-order valence-corrected chi connectivity index (χ3v) is 6.51. The number of carbonyl (C=O) groups excluding carboxylic acids is 1. The van der Waals surface area contributed by atoms with Crippen LogP contribution in [0.3, 0.4) is 0 Å². The van der Waals surface area contributed by atoms with Crippen molar-refractivity contribution in [2.45, 2.75) is 51.1 Å². The molecule has 31 heavy (non-hydrogen) atoms.